The lowest BCUT2D eigenvalue weighted by atomic mass is 10.3. The van der Waals surface area contributed by atoms with Crippen LogP contribution in [0.4, 0.5) is 5.13 Å². The topological polar surface area (TPSA) is 102 Å². The number of fused-ring (bicyclic) bond motifs is 1. The Hall–Kier alpha value is -3.06. The van der Waals surface area contributed by atoms with Crippen LogP contribution in [-0.2, 0) is 11.3 Å². The Bertz CT molecular complexity index is 1450. The number of hydrogen-bond acceptors (Lipinski definition) is 8. The first-order valence-electron chi connectivity index (χ1n) is 10.4. The van der Waals surface area contributed by atoms with E-state index >= 15 is 0 Å². The number of aromatic nitrogens is 4. The minimum atomic E-state index is -0.188. The van der Waals surface area contributed by atoms with Crippen molar-refractivity contribution < 1.29 is 9.59 Å². The van der Waals surface area contributed by atoms with E-state index in [1.807, 2.05) is 64.5 Å². The molecule has 0 radical (unpaired) electrons. The summed E-state index contributed by atoms with van der Waals surface area (Å²) in [5, 5.41) is 17.3. The Morgan fingerprint density at radius 2 is 1.86 bits per heavy atom. The van der Waals surface area contributed by atoms with Gasteiger partial charge in [-0.3, -0.25) is 14.2 Å². The monoisotopic (exact) mass is 584 g/mol. The number of carbonyl (C=O) groups is 2. The summed E-state index contributed by atoms with van der Waals surface area (Å²) in [4.78, 5) is 30.1. The largest absolute Gasteiger partial charge is 0.344 e. The number of halogens is 1. The number of thioether (sulfide) groups is 1. The number of anilines is 1. The maximum absolute atomic E-state index is 12.6. The maximum atomic E-state index is 12.6. The Kier molecular flexibility index (Phi) is 7.23. The van der Waals surface area contributed by atoms with Crippen molar-refractivity contribution in [2.24, 2.45) is 0 Å². The molecule has 3 heterocycles. The van der Waals surface area contributed by atoms with Gasteiger partial charge in [-0.2, -0.15) is 0 Å². The summed E-state index contributed by atoms with van der Waals surface area (Å²) < 4.78 is 3.79. The molecule has 2 aromatic carbocycles. The van der Waals surface area contributed by atoms with Crippen molar-refractivity contribution in [2.75, 3.05) is 11.1 Å². The molecule has 35 heavy (non-hydrogen) atoms. The minimum Gasteiger partial charge on any atom is -0.344 e. The van der Waals surface area contributed by atoms with Crippen LogP contribution < -0.4 is 10.6 Å². The number of amides is 2. The number of rotatable bonds is 8. The summed E-state index contributed by atoms with van der Waals surface area (Å²) in [6, 6.07) is 19.0. The number of carbonyl (C=O) groups excluding carboxylic acids is 2. The van der Waals surface area contributed by atoms with Crippen molar-refractivity contribution in [3.8, 4) is 5.69 Å². The molecule has 176 valence electrons. The highest BCUT2D eigenvalue weighted by Gasteiger charge is 2.18. The van der Waals surface area contributed by atoms with Gasteiger partial charge in [-0.05, 0) is 47.8 Å². The van der Waals surface area contributed by atoms with Crippen LogP contribution in [0.5, 0.6) is 0 Å². The van der Waals surface area contributed by atoms with E-state index in [0.29, 0.717) is 21.0 Å². The van der Waals surface area contributed by atoms with Crippen molar-refractivity contribution >= 4 is 77.5 Å². The van der Waals surface area contributed by atoms with Crippen LogP contribution in [0.2, 0.25) is 0 Å². The fraction of sp³-hybridized carbons (Fsp3) is 0.0870. The second-order valence-electron chi connectivity index (χ2n) is 7.19. The van der Waals surface area contributed by atoms with E-state index < -0.39 is 0 Å². The number of nitrogens with zero attached hydrogens (tertiary/aromatic N) is 4. The first kappa shape index (κ1) is 23.7. The molecule has 5 aromatic rings. The normalized spacial score (nSPS) is 11.0. The third-order valence-corrected chi connectivity index (χ3v) is 8.09. The SMILES string of the molecule is O=C(CSc1nnc(CNC(=O)c2cccs2)n1-c1ccc(Br)cc1)Nc1nc2ccccc2s1. The molecule has 0 aliphatic rings. The summed E-state index contributed by atoms with van der Waals surface area (Å²) in [7, 11) is 0. The van der Waals surface area contributed by atoms with Gasteiger partial charge < -0.3 is 10.6 Å². The van der Waals surface area contributed by atoms with Crippen molar-refractivity contribution in [3.63, 3.8) is 0 Å². The van der Waals surface area contributed by atoms with Crippen LogP contribution in [0.15, 0.2) is 75.7 Å². The smallest absolute Gasteiger partial charge is 0.261 e. The van der Waals surface area contributed by atoms with E-state index in [9.17, 15) is 9.59 Å². The number of nitrogens with one attached hydrogen (secondary N) is 2. The average Bonchev–Trinajstić information content (AvgIpc) is 3.61. The fourth-order valence-corrected chi connectivity index (χ4v) is 5.78. The first-order valence-corrected chi connectivity index (χ1v) is 13.8. The van der Waals surface area contributed by atoms with E-state index in [-0.39, 0.29) is 24.1 Å². The number of thiazole rings is 1. The highest BCUT2D eigenvalue weighted by Crippen LogP contribution is 2.27. The van der Waals surface area contributed by atoms with E-state index in [0.717, 1.165) is 20.4 Å². The van der Waals surface area contributed by atoms with Gasteiger partial charge in [0, 0.05) is 10.2 Å². The van der Waals surface area contributed by atoms with Gasteiger partial charge in [-0.1, -0.05) is 57.2 Å². The lowest BCUT2D eigenvalue weighted by molar-refractivity contribution is -0.113. The molecule has 0 spiro atoms. The third-order valence-electron chi connectivity index (χ3n) is 4.81. The van der Waals surface area contributed by atoms with Gasteiger partial charge in [0.2, 0.25) is 5.91 Å². The Morgan fingerprint density at radius 1 is 1.03 bits per heavy atom. The summed E-state index contributed by atoms with van der Waals surface area (Å²) in [6.07, 6.45) is 0. The number of hydrogen-bond donors (Lipinski definition) is 2. The second kappa shape index (κ2) is 10.7. The van der Waals surface area contributed by atoms with Crippen LogP contribution in [0.3, 0.4) is 0 Å². The second-order valence-corrected chi connectivity index (χ2v) is 11.0. The molecule has 0 unspecified atom stereocenters. The molecule has 0 aliphatic heterocycles. The molecule has 12 heteroatoms. The van der Waals surface area contributed by atoms with Crippen LogP contribution >= 0.6 is 50.4 Å². The zero-order valence-electron chi connectivity index (χ0n) is 18.0. The molecule has 0 saturated carbocycles. The van der Waals surface area contributed by atoms with Crippen molar-refractivity contribution in [3.05, 3.63) is 81.2 Å². The summed E-state index contributed by atoms with van der Waals surface area (Å²) in [5.41, 5.74) is 1.68. The molecular formula is C23H17BrN6O2S3. The molecule has 0 saturated heterocycles. The van der Waals surface area contributed by atoms with Gasteiger partial charge in [0.05, 0.1) is 27.4 Å². The first-order chi connectivity index (χ1) is 17.1. The summed E-state index contributed by atoms with van der Waals surface area (Å²) >= 11 is 7.52. The molecule has 2 amide bonds. The molecule has 0 fully saturated rings. The third kappa shape index (κ3) is 5.61. The van der Waals surface area contributed by atoms with Gasteiger partial charge in [-0.25, -0.2) is 4.98 Å². The molecule has 8 nitrogen and oxygen atoms in total. The molecule has 0 aliphatic carbocycles. The number of para-hydroxylation sites is 1. The zero-order chi connectivity index (χ0) is 24.2. The van der Waals surface area contributed by atoms with Crippen LogP contribution in [0.1, 0.15) is 15.5 Å². The highest BCUT2D eigenvalue weighted by molar-refractivity contribution is 9.10. The fourth-order valence-electron chi connectivity index (χ4n) is 3.22. The van der Waals surface area contributed by atoms with Crippen molar-refractivity contribution in [1.29, 1.82) is 0 Å². The molecule has 0 bridgehead atoms. The number of benzene rings is 2. The van der Waals surface area contributed by atoms with E-state index in [1.165, 1.54) is 34.4 Å². The zero-order valence-corrected chi connectivity index (χ0v) is 22.0. The molecule has 0 atom stereocenters. The lowest BCUT2D eigenvalue weighted by Crippen LogP contribution is -2.24. The molecule has 5 rings (SSSR count). The lowest BCUT2D eigenvalue weighted by Gasteiger charge is -2.11. The Balaban J connectivity index is 1.31. The van der Waals surface area contributed by atoms with E-state index in [4.69, 9.17) is 0 Å². The Morgan fingerprint density at radius 3 is 2.63 bits per heavy atom. The van der Waals surface area contributed by atoms with E-state index in [1.54, 1.807) is 6.07 Å². The van der Waals surface area contributed by atoms with Crippen molar-refractivity contribution in [2.45, 2.75) is 11.7 Å². The summed E-state index contributed by atoms with van der Waals surface area (Å²) in [6.45, 7) is 0.193. The Labute approximate surface area is 220 Å². The quantitative estimate of drug-likeness (QED) is 0.238. The van der Waals surface area contributed by atoms with Crippen LogP contribution in [0, 0.1) is 0 Å². The predicted molar refractivity (Wildman–Crippen MR) is 144 cm³/mol. The van der Waals surface area contributed by atoms with Gasteiger partial charge in [0.1, 0.15) is 0 Å². The van der Waals surface area contributed by atoms with Gasteiger partial charge >= 0.3 is 0 Å². The van der Waals surface area contributed by atoms with Crippen LogP contribution in [0.25, 0.3) is 15.9 Å². The maximum Gasteiger partial charge on any atom is 0.261 e. The molecular weight excluding hydrogens is 568 g/mol. The van der Waals surface area contributed by atoms with Crippen molar-refractivity contribution in [1.82, 2.24) is 25.1 Å². The average molecular weight is 586 g/mol. The van der Waals surface area contributed by atoms with Gasteiger partial charge in [0.15, 0.2) is 16.1 Å². The predicted octanol–water partition coefficient (Wildman–Crippen LogP) is 5.36. The van der Waals surface area contributed by atoms with Gasteiger partial charge in [-0.15, -0.1) is 21.5 Å². The highest BCUT2D eigenvalue weighted by atomic mass is 79.9. The van der Waals surface area contributed by atoms with Gasteiger partial charge in [0.25, 0.3) is 5.91 Å². The molecule has 2 N–H and O–H groups in total. The summed E-state index contributed by atoms with van der Waals surface area (Å²) in [5.74, 6) is 0.333. The minimum absolute atomic E-state index is 0.131. The number of thiophene rings is 1. The van der Waals surface area contributed by atoms with Crippen LogP contribution in [-0.4, -0.2) is 37.3 Å². The standard InChI is InChI=1S/C23H17BrN6O2S3/c24-14-7-9-15(10-8-14)30-19(12-25-21(32)18-6-3-11-33-18)28-29-23(30)34-13-20(31)27-22-26-16-4-1-2-5-17(16)35-22/h1-11H,12-13H2,(H,25,32)(H,26,27,31). The molecule has 3 aromatic heterocycles. The van der Waals surface area contributed by atoms with E-state index in [2.05, 4.69) is 41.7 Å².